The Balaban J connectivity index is 1.79. The van der Waals surface area contributed by atoms with E-state index in [-0.39, 0.29) is 0 Å². The molecule has 0 aliphatic carbocycles. The molecule has 2 aromatic heterocycles. The minimum Gasteiger partial charge on any atom is -0.378 e. The molecule has 1 atom stereocenters. The van der Waals surface area contributed by atoms with Crippen molar-refractivity contribution in [1.29, 1.82) is 0 Å². The minimum atomic E-state index is 0.301. The Kier molecular flexibility index (Phi) is 9.19. The average molecular weight is 455 g/mol. The number of nitrogens with one attached hydrogen (secondary N) is 1. The van der Waals surface area contributed by atoms with E-state index in [4.69, 9.17) is 16.3 Å². The highest BCUT2D eigenvalue weighted by Gasteiger charge is 2.18. The van der Waals surface area contributed by atoms with Crippen molar-refractivity contribution in [3.05, 3.63) is 64.7 Å². The van der Waals surface area contributed by atoms with Gasteiger partial charge in [-0.05, 0) is 36.5 Å². The zero-order valence-corrected chi connectivity index (χ0v) is 19.7. The van der Waals surface area contributed by atoms with Gasteiger partial charge in [-0.25, -0.2) is 4.98 Å². The third kappa shape index (κ3) is 6.14. The molecule has 8 heteroatoms. The van der Waals surface area contributed by atoms with Crippen LogP contribution in [0.1, 0.15) is 50.2 Å². The van der Waals surface area contributed by atoms with Crippen LogP contribution < -0.4 is 0 Å². The maximum atomic E-state index is 6.46. The molecule has 0 spiro atoms. The molecule has 170 valence electrons. The number of aryl methyl sites for hydroxylation is 1. The molecule has 1 N–H and O–H groups in total. The molecule has 32 heavy (non-hydrogen) atoms. The smallest absolute Gasteiger partial charge is 0.205 e. The number of ether oxygens (including phenoxy) is 1. The number of allylic oxidation sites excluding steroid dienone is 3. The molecule has 0 aliphatic rings. The molecule has 0 amide bonds. The van der Waals surface area contributed by atoms with E-state index in [0.29, 0.717) is 23.5 Å². The second-order valence-corrected chi connectivity index (χ2v) is 8.02. The maximum Gasteiger partial charge on any atom is 0.205 e. The SMILES string of the molecule is C/C=C\C(C/C=C/c1ccccc1-c1nn[nH]n1)Cn1c(CCCC)nc(Cl)c1COC. The molecule has 0 saturated heterocycles. The zero-order chi connectivity index (χ0) is 22.8. The van der Waals surface area contributed by atoms with Crippen molar-refractivity contribution in [2.45, 2.75) is 52.7 Å². The first-order valence-electron chi connectivity index (χ1n) is 11.0. The van der Waals surface area contributed by atoms with Gasteiger partial charge in [-0.3, -0.25) is 0 Å². The summed E-state index contributed by atoms with van der Waals surface area (Å²) in [6.07, 6.45) is 12.7. The van der Waals surface area contributed by atoms with Gasteiger partial charge < -0.3 is 9.30 Å². The Morgan fingerprint density at radius 1 is 1.28 bits per heavy atom. The second-order valence-electron chi connectivity index (χ2n) is 7.66. The summed E-state index contributed by atoms with van der Waals surface area (Å²) in [7, 11) is 1.69. The number of rotatable bonds is 12. The van der Waals surface area contributed by atoms with Crippen LogP contribution in [0, 0.1) is 5.92 Å². The number of halogens is 1. The summed E-state index contributed by atoms with van der Waals surface area (Å²) in [6, 6.07) is 8.04. The van der Waals surface area contributed by atoms with E-state index in [9.17, 15) is 0 Å². The summed E-state index contributed by atoms with van der Waals surface area (Å²) in [4.78, 5) is 4.63. The molecule has 3 aromatic rings. The number of hydrogen-bond donors (Lipinski definition) is 1. The molecular weight excluding hydrogens is 424 g/mol. The van der Waals surface area contributed by atoms with E-state index in [1.807, 2.05) is 18.2 Å². The standard InChI is InChI=1S/C24H31ClN6O/c1-4-6-15-22-26-23(25)21(17-32-3)31(22)16-18(10-5-2)11-9-13-19-12-7-8-14-20(19)24-27-29-30-28-24/h5,7-10,12-14,18H,4,6,11,15-17H2,1-3H3,(H,27,28,29,30)/b10-5-,13-9+. The summed E-state index contributed by atoms with van der Waals surface area (Å²) in [5.74, 6) is 1.92. The van der Waals surface area contributed by atoms with Gasteiger partial charge in [0.25, 0.3) is 0 Å². The molecule has 0 saturated carbocycles. The Morgan fingerprint density at radius 2 is 2.12 bits per heavy atom. The van der Waals surface area contributed by atoms with E-state index in [1.54, 1.807) is 7.11 Å². The lowest BCUT2D eigenvalue weighted by Crippen LogP contribution is -2.14. The molecule has 2 heterocycles. The molecule has 3 rings (SSSR count). The number of H-pyrrole nitrogens is 1. The van der Waals surface area contributed by atoms with Crippen molar-refractivity contribution in [2.24, 2.45) is 5.92 Å². The highest BCUT2D eigenvalue weighted by molar-refractivity contribution is 6.30. The van der Waals surface area contributed by atoms with Gasteiger partial charge in [0.2, 0.25) is 5.82 Å². The van der Waals surface area contributed by atoms with Gasteiger partial charge in [-0.1, -0.05) is 73.5 Å². The van der Waals surface area contributed by atoms with E-state index >= 15 is 0 Å². The van der Waals surface area contributed by atoms with Crippen LogP contribution in [-0.2, 0) is 24.3 Å². The van der Waals surface area contributed by atoms with Crippen molar-refractivity contribution in [1.82, 2.24) is 30.2 Å². The maximum absolute atomic E-state index is 6.46. The molecule has 1 aromatic carbocycles. The van der Waals surface area contributed by atoms with E-state index in [1.165, 1.54) is 0 Å². The summed E-state index contributed by atoms with van der Waals surface area (Å²) in [6.45, 7) is 5.50. The van der Waals surface area contributed by atoms with Crippen molar-refractivity contribution >= 4 is 17.7 Å². The summed E-state index contributed by atoms with van der Waals surface area (Å²) in [5.41, 5.74) is 2.95. The van der Waals surface area contributed by atoms with Crippen LogP contribution in [-0.4, -0.2) is 37.3 Å². The molecule has 0 radical (unpaired) electrons. The molecule has 0 aliphatic heterocycles. The van der Waals surface area contributed by atoms with Crippen molar-refractivity contribution in [3.63, 3.8) is 0 Å². The lowest BCUT2D eigenvalue weighted by Gasteiger charge is -2.17. The first kappa shape index (κ1) is 23.9. The summed E-state index contributed by atoms with van der Waals surface area (Å²) in [5, 5.41) is 15.0. The Hall–Kier alpha value is -2.77. The predicted molar refractivity (Wildman–Crippen MR) is 128 cm³/mol. The van der Waals surface area contributed by atoms with Crippen LogP contribution in [0.5, 0.6) is 0 Å². The van der Waals surface area contributed by atoms with E-state index in [2.05, 4.69) is 74.4 Å². The van der Waals surface area contributed by atoms with Crippen molar-refractivity contribution < 1.29 is 4.74 Å². The molecule has 0 fully saturated rings. The first-order chi connectivity index (χ1) is 15.7. The van der Waals surface area contributed by atoms with Crippen LogP contribution in [0.3, 0.4) is 0 Å². The number of benzene rings is 1. The fourth-order valence-electron chi connectivity index (χ4n) is 3.73. The van der Waals surface area contributed by atoms with Crippen LogP contribution in [0.25, 0.3) is 17.5 Å². The fraction of sp³-hybridized carbons (Fsp3) is 0.417. The third-order valence-electron chi connectivity index (χ3n) is 5.30. The minimum absolute atomic E-state index is 0.301. The molecule has 1 unspecified atom stereocenters. The van der Waals surface area contributed by atoms with Crippen LogP contribution in [0.4, 0.5) is 0 Å². The van der Waals surface area contributed by atoms with Crippen LogP contribution in [0.2, 0.25) is 5.15 Å². The van der Waals surface area contributed by atoms with E-state index in [0.717, 1.165) is 54.9 Å². The predicted octanol–water partition coefficient (Wildman–Crippen LogP) is 5.50. The van der Waals surface area contributed by atoms with Gasteiger partial charge in [0.1, 0.15) is 5.82 Å². The van der Waals surface area contributed by atoms with Crippen LogP contribution in [0.15, 0.2) is 42.5 Å². The van der Waals surface area contributed by atoms with Crippen molar-refractivity contribution in [2.75, 3.05) is 7.11 Å². The normalized spacial score (nSPS) is 12.9. The Labute approximate surface area is 194 Å². The number of hydrogen-bond acceptors (Lipinski definition) is 5. The molecular formula is C24H31ClN6O. The zero-order valence-electron chi connectivity index (χ0n) is 19.0. The Morgan fingerprint density at radius 3 is 2.84 bits per heavy atom. The van der Waals surface area contributed by atoms with Gasteiger partial charge >= 0.3 is 0 Å². The van der Waals surface area contributed by atoms with Gasteiger partial charge in [0.05, 0.1) is 12.3 Å². The van der Waals surface area contributed by atoms with Gasteiger partial charge in [-0.2, -0.15) is 5.21 Å². The van der Waals surface area contributed by atoms with E-state index < -0.39 is 0 Å². The molecule has 0 bridgehead atoms. The first-order valence-corrected chi connectivity index (χ1v) is 11.4. The quantitative estimate of drug-likeness (QED) is 0.365. The van der Waals surface area contributed by atoms with Gasteiger partial charge in [0.15, 0.2) is 5.15 Å². The number of nitrogens with zero attached hydrogens (tertiary/aromatic N) is 5. The number of methoxy groups -OCH3 is 1. The lowest BCUT2D eigenvalue weighted by molar-refractivity contribution is 0.177. The van der Waals surface area contributed by atoms with Gasteiger partial charge in [-0.15, -0.1) is 10.2 Å². The number of aromatic amines is 1. The number of unbranched alkanes of at least 4 members (excludes halogenated alkanes) is 1. The highest BCUT2D eigenvalue weighted by Crippen LogP contribution is 2.24. The number of imidazole rings is 1. The molecule has 7 nitrogen and oxygen atoms in total. The fourth-order valence-corrected chi connectivity index (χ4v) is 3.99. The largest absolute Gasteiger partial charge is 0.378 e. The highest BCUT2D eigenvalue weighted by atomic mass is 35.5. The van der Waals surface area contributed by atoms with Gasteiger partial charge in [0, 0.05) is 25.6 Å². The topological polar surface area (TPSA) is 81.5 Å². The summed E-state index contributed by atoms with van der Waals surface area (Å²) >= 11 is 6.46. The van der Waals surface area contributed by atoms with Crippen LogP contribution >= 0.6 is 11.6 Å². The Bertz CT molecular complexity index is 1030. The van der Waals surface area contributed by atoms with Crippen molar-refractivity contribution in [3.8, 4) is 11.4 Å². The average Bonchev–Trinajstić information content (AvgIpc) is 3.43. The third-order valence-corrected chi connectivity index (χ3v) is 5.61. The number of tetrazole rings is 1. The summed E-state index contributed by atoms with van der Waals surface area (Å²) < 4.78 is 7.64. The lowest BCUT2D eigenvalue weighted by atomic mass is 10.0. The second kappa shape index (κ2) is 12.3. The monoisotopic (exact) mass is 454 g/mol. The number of aromatic nitrogens is 6.